The lowest BCUT2D eigenvalue weighted by Gasteiger charge is -2.12. The Hall–Kier alpha value is -3.35. The molecule has 0 spiro atoms. The minimum absolute atomic E-state index is 0.268. The molecule has 2 heterocycles. The van der Waals surface area contributed by atoms with Gasteiger partial charge < -0.3 is 9.73 Å². The van der Waals surface area contributed by atoms with Gasteiger partial charge in [0.2, 0.25) is 5.91 Å². The molecule has 1 amide bonds. The first-order valence-electron chi connectivity index (χ1n) is 8.75. The van der Waals surface area contributed by atoms with Crippen LogP contribution in [0.4, 0.5) is 0 Å². The number of aryl methyl sites for hydroxylation is 2. The van der Waals surface area contributed by atoms with Crippen molar-refractivity contribution in [1.82, 2.24) is 19.7 Å². The Bertz CT molecular complexity index is 1220. The average Bonchev–Trinajstić information content (AvgIpc) is 3.14. The molecule has 4 rings (SSSR count). The Balaban J connectivity index is 1.59. The molecule has 0 unspecified atom stereocenters. The minimum atomic E-state index is -0.696. The number of amides is 1. The summed E-state index contributed by atoms with van der Waals surface area (Å²) in [5.74, 6) is -0.812. The molecule has 0 bridgehead atoms. The lowest BCUT2D eigenvalue weighted by Crippen LogP contribution is -2.34. The standard InChI is InChI=1S/C20H20N4O3/c1-12-8-9-16-14(10-12)15(22-23(16)3)11-21-19(25)13(2)24-17-6-4-5-7-18(17)27-20(24)26/h4-10,13H,11H2,1-3H3,(H,21,25)/t13-/m0/s1. The second kappa shape index (κ2) is 6.42. The topological polar surface area (TPSA) is 82.1 Å². The van der Waals surface area contributed by atoms with Gasteiger partial charge in [0.15, 0.2) is 5.58 Å². The lowest BCUT2D eigenvalue weighted by molar-refractivity contribution is -0.124. The molecule has 4 aromatic rings. The van der Waals surface area contributed by atoms with Gasteiger partial charge in [0.1, 0.15) is 6.04 Å². The molecule has 0 aliphatic rings. The molecular weight excluding hydrogens is 344 g/mol. The Morgan fingerprint density at radius 2 is 2.00 bits per heavy atom. The highest BCUT2D eigenvalue weighted by molar-refractivity contribution is 5.85. The van der Waals surface area contributed by atoms with Crippen LogP contribution in [0.2, 0.25) is 0 Å². The largest absolute Gasteiger partial charge is 0.420 e. The third kappa shape index (κ3) is 2.91. The van der Waals surface area contributed by atoms with Gasteiger partial charge in [0.25, 0.3) is 0 Å². The summed E-state index contributed by atoms with van der Waals surface area (Å²) in [6.07, 6.45) is 0. The van der Waals surface area contributed by atoms with E-state index < -0.39 is 11.8 Å². The fraction of sp³-hybridized carbons (Fsp3) is 0.250. The van der Waals surface area contributed by atoms with Crippen molar-refractivity contribution < 1.29 is 9.21 Å². The van der Waals surface area contributed by atoms with Crippen LogP contribution in [0.25, 0.3) is 22.0 Å². The minimum Gasteiger partial charge on any atom is -0.408 e. The molecule has 1 atom stereocenters. The van der Waals surface area contributed by atoms with Gasteiger partial charge in [-0.15, -0.1) is 0 Å². The molecule has 7 nitrogen and oxygen atoms in total. The molecule has 0 aliphatic carbocycles. The highest BCUT2D eigenvalue weighted by Crippen LogP contribution is 2.20. The molecular formula is C20H20N4O3. The first-order valence-corrected chi connectivity index (χ1v) is 8.75. The number of nitrogens with one attached hydrogen (secondary N) is 1. The van der Waals surface area contributed by atoms with Crippen molar-refractivity contribution in [3.63, 3.8) is 0 Å². The molecule has 1 N–H and O–H groups in total. The summed E-state index contributed by atoms with van der Waals surface area (Å²) in [7, 11) is 1.88. The molecule has 0 saturated heterocycles. The van der Waals surface area contributed by atoms with Gasteiger partial charge in [0.05, 0.1) is 23.3 Å². The molecule has 27 heavy (non-hydrogen) atoms. The van der Waals surface area contributed by atoms with Gasteiger partial charge in [-0.05, 0) is 38.1 Å². The van der Waals surface area contributed by atoms with Crippen molar-refractivity contribution >= 4 is 27.9 Å². The van der Waals surface area contributed by atoms with Crippen LogP contribution in [-0.4, -0.2) is 20.3 Å². The second-order valence-corrected chi connectivity index (χ2v) is 6.69. The fourth-order valence-electron chi connectivity index (χ4n) is 3.37. The maximum Gasteiger partial charge on any atom is 0.420 e. The number of hydrogen-bond donors (Lipinski definition) is 1. The van der Waals surface area contributed by atoms with E-state index in [1.807, 2.05) is 26.1 Å². The van der Waals surface area contributed by atoms with E-state index in [0.29, 0.717) is 11.1 Å². The maximum atomic E-state index is 12.7. The van der Waals surface area contributed by atoms with Crippen molar-refractivity contribution in [2.45, 2.75) is 26.4 Å². The van der Waals surface area contributed by atoms with Gasteiger partial charge in [-0.1, -0.05) is 23.8 Å². The first-order chi connectivity index (χ1) is 13.0. The van der Waals surface area contributed by atoms with Gasteiger partial charge in [-0.3, -0.25) is 14.0 Å². The van der Waals surface area contributed by atoms with E-state index >= 15 is 0 Å². The molecule has 2 aromatic heterocycles. The number of aromatic nitrogens is 3. The number of carbonyl (C=O) groups is 1. The molecule has 0 radical (unpaired) electrons. The Morgan fingerprint density at radius 1 is 1.22 bits per heavy atom. The summed E-state index contributed by atoms with van der Waals surface area (Å²) in [5.41, 5.74) is 4.00. The van der Waals surface area contributed by atoms with Crippen LogP contribution in [0.3, 0.4) is 0 Å². The number of oxazole rings is 1. The summed E-state index contributed by atoms with van der Waals surface area (Å²) in [5, 5.41) is 8.41. The Kier molecular flexibility index (Phi) is 4.07. The fourth-order valence-corrected chi connectivity index (χ4v) is 3.37. The van der Waals surface area contributed by atoms with Crippen LogP contribution in [0.1, 0.15) is 24.2 Å². The van der Waals surface area contributed by atoms with Gasteiger partial charge in [-0.2, -0.15) is 5.10 Å². The zero-order valence-corrected chi connectivity index (χ0v) is 15.4. The number of hydrogen-bond acceptors (Lipinski definition) is 4. The second-order valence-electron chi connectivity index (χ2n) is 6.69. The van der Waals surface area contributed by atoms with Gasteiger partial charge in [-0.25, -0.2) is 4.79 Å². The van der Waals surface area contributed by atoms with E-state index in [9.17, 15) is 9.59 Å². The highest BCUT2D eigenvalue weighted by atomic mass is 16.4. The predicted octanol–water partition coefficient (Wildman–Crippen LogP) is 2.67. The van der Waals surface area contributed by atoms with Crippen LogP contribution >= 0.6 is 0 Å². The monoisotopic (exact) mass is 364 g/mol. The normalized spacial score (nSPS) is 12.6. The van der Waals surface area contributed by atoms with Gasteiger partial charge >= 0.3 is 5.76 Å². The van der Waals surface area contributed by atoms with Crippen LogP contribution in [0, 0.1) is 6.92 Å². The van der Waals surface area contributed by atoms with E-state index in [-0.39, 0.29) is 12.5 Å². The van der Waals surface area contributed by atoms with Crippen molar-refractivity contribution in [3.05, 3.63) is 64.3 Å². The van der Waals surface area contributed by atoms with E-state index in [1.54, 1.807) is 35.9 Å². The summed E-state index contributed by atoms with van der Waals surface area (Å²) >= 11 is 0. The summed E-state index contributed by atoms with van der Waals surface area (Å²) < 4.78 is 8.38. The zero-order chi connectivity index (χ0) is 19.1. The molecule has 0 aliphatic heterocycles. The number of benzene rings is 2. The average molecular weight is 364 g/mol. The third-order valence-corrected chi connectivity index (χ3v) is 4.80. The van der Waals surface area contributed by atoms with Crippen LogP contribution in [0.5, 0.6) is 0 Å². The zero-order valence-electron chi connectivity index (χ0n) is 15.4. The summed E-state index contributed by atoms with van der Waals surface area (Å²) in [6, 6.07) is 12.5. The SMILES string of the molecule is Cc1ccc2c(c1)c(CNC(=O)[C@H](C)n1c(=O)oc3ccccc31)nn2C. The first kappa shape index (κ1) is 17.1. The van der Waals surface area contributed by atoms with Crippen molar-refractivity contribution in [1.29, 1.82) is 0 Å². The Labute approximate surface area is 155 Å². The quantitative estimate of drug-likeness (QED) is 0.604. The summed E-state index contributed by atoms with van der Waals surface area (Å²) in [6.45, 7) is 3.99. The lowest BCUT2D eigenvalue weighted by atomic mass is 10.1. The molecule has 2 aromatic carbocycles. The van der Waals surface area contributed by atoms with E-state index in [1.165, 1.54) is 4.57 Å². The van der Waals surface area contributed by atoms with E-state index in [0.717, 1.165) is 22.2 Å². The molecule has 0 fully saturated rings. The van der Waals surface area contributed by atoms with Gasteiger partial charge in [0, 0.05) is 12.4 Å². The van der Waals surface area contributed by atoms with Crippen LogP contribution < -0.4 is 11.1 Å². The maximum absolute atomic E-state index is 12.7. The number of fused-ring (bicyclic) bond motifs is 2. The third-order valence-electron chi connectivity index (χ3n) is 4.80. The molecule has 0 saturated carbocycles. The van der Waals surface area contributed by atoms with Crippen molar-refractivity contribution in [2.75, 3.05) is 0 Å². The number of nitrogens with zero attached hydrogens (tertiary/aromatic N) is 3. The number of rotatable bonds is 4. The number of carbonyl (C=O) groups excluding carboxylic acids is 1. The summed E-state index contributed by atoms with van der Waals surface area (Å²) in [4.78, 5) is 24.8. The molecule has 138 valence electrons. The van der Waals surface area contributed by atoms with E-state index in [2.05, 4.69) is 16.5 Å². The van der Waals surface area contributed by atoms with Crippen LogP contribution in [0.15, 0.2) is 51.7 Å². The smallest absolute Gasteiger partial charge is 0.408 e. The van der Waals surface area contributed by atoms with Crippen LogP contribution in [-0.2, 0) is 18.4 Å². The highest BCUT2D eigenvalue weighted by Gasteiger charge is 2.21. The molecule has 7 heteroatoms. The predicted molar refractivity (Wildman–Crippen MR) is 102 cm³/mol. The number of para-hydroxylation sites is 2. The van der Waals surface area contributed by atoms with Crippen molar-refractivity contribution in [2.24, 2.45) is 7.05 Å². The van der Waals surface area contributed by atoms with Crippen molar-refractivity contribution in [3.8, 4) is 0 Å². The Morgan fingerprint density at radius 3 is 2.81 bits per heavy atom. The van der Waals surface area contributed by atoms with E-state index in [4.69, 9.17) is 4.42 Å².